The predicted molar refractivity (Wildman–Crippen MR) is 102 cm³/mol. The Morgan fingerprint density at radius 3 is 2.52 bits per heavy atom. The van der Waals surface area contributed by atoms with E-state index in [1.165, 1.54) is 5.56 Å². The number of nitrogens with zero attached hydrogens (tertiary/aromatic N) is 1. The molecule has 0 fully saturated rings. The van der Waals surface area contributed by atoms with Crippen LogP contribution in [0.25, 0.3) is 0 Å². The van der Waals surface area contributed by atoms with Gasteiger partial charge in [-0.2, -0.15) is 0 Å². The molecule has 0 saturated heterocycles. The molecule has 0 bridgehead atoms. The smallest absolute Gasteiger partial charge is 0.135 e. The van der Waals surface area contributed by atoms with E-state index in [0.29, 0.717) is 23.9 Å². The predicted octanol–water partition coefficient (Wildman–Crippen LogP) is 4.43. The van der Waals surface area contributed by atoms with Crippen LogP contribution in [0.15, 0.2) is 66.9 Å². The average molecular weight is 331 g/mol. The monoisotopic (exact) mass is 331 g/mol. The number of pyridine rings is 1. The van der Waals surface area contributed by atoms with Gasteiger partial charge in [-0.1, -0.05) is 36.4 Å². The maximum atomic E-state index is 8.62. The average Bonchev–Trinajstić information content (AvgIpc) is 2.67. The van der Waals surface area contributed by atoms with Crippen molar-refractivity contribution < 1.29 is 4.74 Å². The van der Waals surface area contributed by atoms with E-state index in [1.54, 1.807) is 13.2 Å². The third-order valence-electron chi connectivity index (χ3n) is 4.11. The van der Waals surface area contributed by atoms with Gasteiger partial charge >= 0.3 is 0 Å². The molecule has 126 valence electrons. The molecule has 0 saturated carbocycles. The van der Waals surface area contributed by atoms with Gasteiger partial charge in [-0.3, -0.25) is 5.41 Å². The molecule has 1 heterocycles. The van der Waals surface area contributed by atoms with E-state index < -0.39 is 0 Å². The SMILES string of the molecule is CNc1ncccc1C(=N)c1ccccc1OCc1ccccc1C. The Morgan fingerprint density at radius 1 is 1.00 bits per heavy atom. The highest BCUT2D eigenvalue weighted by atomic mass is 16.5. The molecule has 4 heteroatoms. The summed E-state index contributed by atoms with van der Waals surface area (Å²) in [4.78, 5) is 4.29. The van der Waals surface area contributed by atoms with Crippen LogP contribution in [0.5, 0.6) is 5.75 Å². The van der Waals surface area contributed by atoms with E-state index in [9.17, 15) is 0 Å². The summed E-state index contributed by atoms with van der Waals surface area (Å²) in [5.41, 5.74) is 4.22. The molecule has 1 aromatic heterocycles. The van der Waals surface area contributed by atoms with Crippen LogP contribution in [0.1, 0.15) is 22.3 Å². The van der Waals surface area contributed by atoms with Crippen molar-refractivity contribution in [1.29, 1.82) is 5.41 Å². The lowest BCUT2D eigenvalue weighted by atomic mass is 10.0. The van der Waals surface area contributed by atoms with E-state index >= 15 is 0 Å². The van der Waals surface area contributed by atoms with Gasteiger partial charge in [0.1, 0.15) is 18.2 Å². The summed E-state index contributed by atoms with van der Waals surface area (Å²) in [6.45, 7) is 2.55. The fourth-order valence-corrected chi connectivity index (χ4v) is 2.68. The van der Waals surface area contributed by atoms with Crippen molar-refractivity contribution in [2.24, 2.45) is 0 Å². The van der Waals surface area contributed by atoms with Crippen molar-refractivity contribution >= 4 is 11.5 Å². The molecule has 0 radical (unpaired) electrons. The summed E-state index contributed by atoms with van der Waals surface area (Å²) in [5, 5.41) is 11.7. The zero-order chi connectivity index (χ0) is 17.6. The summed E-state index contributed by atoms with van der Waals surface area (Å²) < 4.78 is 6.04. The summed E-state index contributed by atoms with van der Waals surface area (Å²) in [7, 11) is 1.81. The summed E-state index contributed by atoms with van der Waals surface area (Å²) in [5.74, 6) is 1.38. The summed E-state index contributed by atoms with van der Waals surface area (Å²) in [6.07, 6.45) is 1.71. The van der Waals surface area contributed by atoms with Crippen LogP contribution in [0.3, 0.4) is 0 Å². The van der Waals surface area contributed by atoms with Crippen LogP contribution >= 0.6 is 0 Å². The molecular weight excluding hydrogens is 310 g/mol. The first kappa shape index (κ1) is 16.7. The normalized spacial score (nSPS) is 10.3. The lowest BCUT2D eigenvalue weighted by Gasteiger charge is -2.15. The minimum atomic E-state index is 0.387. The largest absolute Gasteiger partial charge is 0.488 e. The number of para-hydroxylation sites is 1. The third-order valence-corrected chi connectivity index (χ3v) is 4.11. The highest BCUT2D eigenvalue weighted by molar-refractivity contribution is 6.15. The molecule has 3 rings (SSSR count). The Labute approximate surface area is 148 Å². The van der Waals surface area contributed by atoms with Gasteiger partial charge in [0.05, 0.1) is 5.71 Å². The molecule has 2 aromatic carbocycles. The molecule has 25 heavy (non-hydrogen) atoms. The maximum Gasteiger partial charge on any atom is 0.135 e. The molecular formula is C21H21N3O. The Bertz CT molecular complexity index is 890. The van der Waals surface area contributed by atoms with E-state index in [1.807, 2.05) is 48.5 Å². The van der Waals surface area contributed by atoms with Crippen molar-refractivity contribution in [3.05, 3.63) is 89.1 Å². The summed E-state index contributed by atoms with van der Waals surface area (Å²) >= 11 is 0. The zero-order valence-corrected chi connectivity index (χ0v) is 14.4. The van der Waals surface area contributed by atoms with E-state index in [-0.39, 0.29) is 0 Å². The van der Waals surface area contributed by atoms with Crippen molar-refractivity contribution in [2.75, 3.05) is 12.4 Å². The van der Waals surface area contributed by atoms with Crippen molar-refractivity contribution in [3.8, 4) is 5.75 Å². The third kappa shape index (κ3) is 3.69. The summed E-state index contributed by atoms with van der Waals surface area (Å²) in [6, 6.07) is 19.5. The molecule has 0 atom stereocenters. The van der Waals surface area contributed by atoms with Crippen molar-refractivity contribution in [1.82, 2.24) is 4.98 Å². The van der Waals surface area contributed by atoms with Crippen LogP contribution in [0, 0.1) is 12.3 Å². The first-order valence-electron chi connectivity index (χ1n) is 8.19. The lowest BCUT2D eigenvalue weighted by Crippen LogP contribution is -2.09. The van der Waals surface area contributed by atoms with Crippen LogP contribution in [-0.2, 0) is 6.61 Å². The first-order valence-corrected chi connectivity index (χ1v) is 8.19. The highest BCUT2D eigenvalue weighted by Crippen LogP contribution is 2.25. The van der Waals surface area contributed by atoms with Gasteiger partial charge in [0.2, 0.25) is 0 Å². The van der Waals surface area contributed by atoms with Gasteiger partial charge in [-0.15, -0.1) is 0 Å². The molecule has 0 aliphatic rings. The minimum absolute atomic E-state index is 0.387. The quantitative estimate of drug-likeness (QED) is 0.657. The van der Waals surface area contributed by atoms with Crippen LogP contribution in [-0.4, -0.2) is 17.7 Å². The van der Waals surface area contributed by atoms with Crippen molar-refractivity contribution in [3.63, 3.8) is 0 Å². The van der Waals surface area contributed by atoms with E-state index in [4.69, 9.17) is 10.1 Å². The first-order chi connectivity index (χ1) is 12.2. The molecule has 0 aliphatic carbocycles. The maximum absolute atomic E-state index is 8.62. The van der Waals surface area contributed by atoms with Gasteiger partial charge in [0.25, 0.3) is 0 Å². The van der Waals surface area contributed by atoms with Gasteiger partial charge in [0.15, 0.2) is 0 Å². The van der Waals surface area contributed by atoms with Gasteiger partial charge in [-0.25, -0.2) is 4.98 Å². The molecule has 0 spiro atoms. The molecule has 2 N–H and O–H groups in total. The molecule has 0 aliphatic heterocycles. The number of hydrogen-bond acceptors (Lipinski definition) is 4. The number of aromatic nitrogens is 1. The fraction of sp³-hybridized carbons (Fsp3) is 0.143. The standard InChI is InChI=1S/C21H21N3O/c1-15-8-3-4-9-16(15)14-25-19-12-6-5-10-17(19)20(22)18-11-7-13-24-21(18)23-2/h3-13,22H,14H2,1-2H3,(H,23,24). The Balaban J connectivity index is 1.88. The second kappa shape index (κ2) is 7.62. The van der Waals surface area contributed by atoms with E-state index in [2.05, 4.69) is 29.4 Å². The highest BCUT2D eigenvalue weighted by Gasteiger charge is 2.14. The van der Waals surface area contributed by atoms with Gasteiger partial charge < -0.3 is 10.1 Å². The van der Waals surface area contributed by atoms with Crippen LogP contribution < -0.4 is 10.1 Å². The number of ether oxygens (including phenoxy) is 1. The molecule has 0 amide bonds. The topological polar surface area (TPSA) is 58.0 Å². The number of rotatable bonds is 6. The number of hydrogen-bond donors (Lipinski definition) is 2. The molecule has 3 aromatic rings. The van der Waals surface area contributed by atoms with Gasteiger partial charge in [0, 0.05) is 24.4 Å². The number of nitrogens with one attached hydrogen (secondary N) is 2. The van der Waals surface area contributed by atoms with Crippen molar-refractivity contribution in [2.45, 2.75) is 13.5 Å². The zero-order valence-electron chi connectivity index (χ0n) is 14.4. The Morgan fingerprint density at radius 2 is 1.72 bits per heavy atom. The number of anilines is 1. The Kier molecular flexibility index (Phi) is 5.09. The second-order valence-electron chi connectivity index (χ2n) is 5.74. The van der Waals surface area contributed by atoms with E-state index in [0.717, 1.165) is 16.7 Å². The Hall–Kier alpha value is -3.14. The lowest BCUT2D eigenvalue weighted by molar-refractivity contribution is 0.305. The van der Waals surface area contributed by atoms with Crippen LogP contribution in [0.4, 0.5) is 5.82 Å². The van der Waals surface area contributed by atoms with Gasteiger partial charge in [-0.05, 0) is 42.3 Å². The fourth-order valence-electron chi connectivity index (χ4n) is 2.68. The van der Waals surface area contributed by atoms with Crippen LogP contribution in [0.2, 0.25) is 0 Å². The molecule has 0 unspecified atom stereocenters. The second-order valence-corrected chi connectivity index (χ2v) is 5.74. The number of benzene rings is 2. The minimum Gasteiger partial charge on any atom is -0.488 e. The number of aryl methyl sites for hydroxylation is 1. The molecule has 4 nitrogen and oxygen atoms in total.